The van der Waals surface area contributed by atoms with Gasteiger partial charge in [-0.15, -0.1) is 0 Å². The van der Waals surface area contributed by atoms with Gasteiger partial charge in [-0.1, -0.05) is 19.8 Å². The molecular formula is C8H18N2. The zero-order valence-electron chi connectivity index (χ0n) is 6.77. The van der Waals surface area contributed by atoms with Crippen LogP contribution in [0.3, 0.4) is 0 Å². The van der Waals surface area contributed by atoms with E-state index in [-0.39, 0.29) is 5.54 Å². The molecule has 2 atom stereocenters. The van der Waals surface area contributed by atoms with Gasteiger partial charge in [0.05, 0.1) is 0 Å². The molecule has 1 fully saturated rings. The van der Waals surface area contributed by atoms with Crippen molar-refractivity contribution in [3.63, 3.8) is 0 Å². The van der Waals surface area contributed by atoms with Crippen LogP contribution < -0.4 is 11.5 Å². The minimum Gasteiger partial charge on any atom is -0.329 e. The van der Waals surface area contributed by atoms with Gasteiger partial charge in [0.2, 0.25) is 0 Å². The second-order valence-electron chi connectivity index (χ2n) is 3.43. The van der Waals surface area contributed by atoms with Gasteiger partial charge in [-0.2, -0.15) is 0 Å². The van der Waals surface area contributed by atoms with E-state index in [9.17, 15) is 0 Å². The Kier molecular flexibility index (Phi) is 2.32. The standard InChI is InChI=1S/C8H18N2/c1-2-7-4-3-5-8(7,10)6-9/h7H,2-6,9-10H2,1H3. The molecule has 1 rings (SSSR count). The van der Waals surface area contributed by atoms with Gasteiger partial charge in [0.1, 0.15) is 0 Å². The quantitative estimate of drug-likeness (QED) is 0.600. The summed E-state index contributed by atoms with van der Waals surface area (Å²) in [6.07, 6.45) is 4.87. The Bertz CT molecular complexity index is 114. The Morgan fingerprint density at radius 1 is 1.60 bits per heavy atom. The summed E-state index contributed by atoms with van der Waals surface area (Å²) in [5.41, 5.74) is 11.7. The highest BCUT2D eigenvalue weighted by atomic mass is 14.8. The summed E-state index contributed by atoms with van der Waals surface area (Å²) in [7, 11) is 0. The molecule has 0 aliphatic heterocycles. The van der Waals surface area contributed by atoms with E-state index in [0.29, 0.717) is 12.5 Å². The SMILES string of the molecule is CCC1CCCC1(N)CN. The van der Waals surface area contributed by atoms with Crippen LogP contribution in [0.1, 0.15) is 32.6 Å². The van der Waals surface area contributed by atoms with E-state index in [1.165, 1.54) is 19.3 Å². The summed E-state index contributed by atoms with van der Waals surface area (Å²) < 4.78 is 0. The summed E-state index contributed by atoms with van der Waals surface area (Å²) in [6, 6.07) is 0. The Labute approximate surface area is 63.0 Å². The number of hydrogen-bond acceptors (Lipinski definition) is 2. The normalized spacial score (nSPS) is 40.5. The molecule has 0 spiro atoms. The van der Waals surface area contributed by atoms with Crippen LogP contribution >= 0.6 is 0 Å². The van der Waals surface area contributed by atoms with E-state index < -0.39 is 0 Å². The van der Waals surface area contributed by atoms with Crippen LogP contribution in [-0.2, 0) is 0 Å². The molecule has 0 saturated heterocycles. The van der Waals surface area contributed by atoms with Crippen molar-refractivity contribution in [2.24, 2.45) is 17.4 Å². The molecule has 10 heavy (non-hydrogen) atoms. The molecule has 0 aromatic carbocycles. The lowest BCUT2D eigenvalue weighted by molar-refractivity contribution is 0.317. The fraction of sp³-hybridized carbons (Fsp3) is 1.00. The zero-order chi connectivity index (χ0) is 7.61. The van der Waals surface area contributed by atoms with Gasteiger partial charge >= 0.3 is 0 Å². The molecule has 1 aliphatic carbocycles. The Balaban J connectivity index is 2.56. The fourth-order valence-corrected chi connectivity index (χ4v) is 2.05. The van der Waals surface area contributed by atoms with Crippen molar-refractivity contribution in [1.29, 1.82) is 0 Å². The number of hydrogen-bond donors (Lipinski definition) is 2. The molecule has 2 unspecified atom stereocenters. The van der Waals surface area contributed by atoms with E-state index in [1.807, 2.05) is 0 Å². The van der Waals surface area contributed by atoms with Crippen LogP contribution in [0.5, 0.6) is 0 Å². The third kappa shape index (κ3) is 1.18. The highest BCUT2D eigenvalue weighted by molar-refractivity contribution is 4.96. The Morgan fingerprint density at radius 2 is 2.30 bits per heavy atom. The van der Waals surface area contributed by atoms with Crippen LogP contribution in [-0.4, -0.2) is 12.1 Å². The molecule has 0 amide bonds. The van der Waals surface area contributed by atoms with Crippen molar-refractivity contribution in [3.8, 4) is 0 Å². The lowest BCUT2D eigenvalue weighted by Crippen LogP contribution is -2.49. The predicted molar refractivity (Wildman–Crippen MR) is 43.6 cm³/mol. The van der Waals surface area contributed by atoms with Gasteiger partial charge in [0.25, 0.3) is 0 Å². The molecule has 0 bridgehead atoms. The lowest BCUT2D eigenvalue weighted by atomic mass is 9.86. The molecule has 0 radical (unpaired) electrons. The summed E-state index contributed by atoms with van der Waals surface area (Å²) in [4.78, 5) is 0. The van der Waals surface area contributed by atoms with Crippen LogP contribution in [0.15, 0.2) is 0 Å². The van der Waals surface area contributed by atoms with Gasteiger partial charge in [0, 0.05) is 12.1 Å². The third-order valence-electron chi connectivity index (χ3n) is 2.88. The lowest BCUT2D eigenvalue weighted by Gasteiger charge is -2.28. The van der Waals surface area contributed by atoms with Gasteiger partial charge < -0.3 is 11.5 Å². The van der Waals surface area contributed by atoms with E-state index >= 15 is 0 Å². The van der Waals surface area contributed by atoms with Gasteiger partial charge in [-0.05, 0) is 18.8 Å². The molecule has 0 heterocycles. The predicted octanol–water partition coefficient (Wildman–Crippen LogP) is 0.853. The molecule has 2 nitrogen and oxygen atoms in total. The van der Waals surface area contributed by atoms with Crippen LogP contribution in [0.4, 0.5) is 0 Å². The second kappa shape index (κ2) is 2.89. The minimum absolute atomic E-state index is 0.0191. The summed E-state index contributed by atoms with van der Waals surface area (Å²) >= 11 is 0. The summed E-state index contributed by atoms with van der Waals surface area (Å²) in [5, 5.41) is 0. The van der Waals surface area contributed by atoms with E-state index in [4.69, 9.17) is 11.5 Å². The maximum Gasteiger partial charge on any atom is 0.0307 e. The van der Waals surface area contributed by atoms with E-state index in [0.717, 1.165) is 6.42 Å². The first kappa shape index (κ1) is 8.02. The van der Waals surface area contributed by atoms with Crippen LogP contribution in [0, 0.1) is 5.92 Å². The second-order valence-corrected chi connectivity index (χ2v) is 3.43. The van der Waals surface area contributed by atoms with Crippen molar-refractivity contribution >= 4 is 0 Å². The Morgan fingerprint density at radius 3 is 2.70 bits per heavy atom. The van der Waals surface area contributed by atoms with Crippen molar-refractivity contribution in [1.82, 2.24) is 0 Å². The average molecular weight is 142 g/mol. The first-order valence-corrected chi connectivity index (χ1v) is 4.22. The molecule has 1 aliphatic rings. The van der Waals surface area contributed by atoms with E-state index in [1.54, 1.807) is 0 Å². The Hall–Kier alpha value is -0.0800. The largest absolute Gasteiger partial charge is 0.329 e. The number of nitrogens with two attached hydrogens (primary N) is 2. The average Bonchev–Trinajstić information content (AvgIpc) is 2.32. The van der Waals surface area contributed by atoms with Gasteiger partial charge in [-0.25, -0.2) is 0 Å². The zero-order valence-corrected chi connectivity index (χ0v) is 6.77. The topological polar surface area (TPSA) is 52.0 Å². The van der Waals surface area contributed by atoms with Crippen molar-refractivity contribution < 1.29 is 0 Å². The van der Waals surface area contributed by atoms with Crippen LogP contribution in [0.2, 0.25) is 0 Å². The molecule has 4 N–H and O–H groups in total. The molecular weight excluding hydrogens is 124 g/mol. The molecule has 1 saturated carbocycles. The van der Waals surface area contributed by atoms with Gasteiger partial charge in [-0.3, -0.25) is 0 Å². The first-order valence-electron chi connectivity index (χ1n) is 4.22. The maximum atomic E-state index is 6.09. The van der Waals surface area contributed by atoms with Crippen molar-refractivity contribution in [2.45, 2.75) is 38.1 Å². The fourth-order valence-electron chi connectivity index (χ4n) is 2.05. The molecule has 0 aromatic heterocycles. The molecule has 0 aromatic rings. The highest BCUT2D eigenvalue weighted by Gasteiger charge is 2.36. The molecule has 2 heteroatoms. The summed E-state index contributed by atoms with van der Waals surface area (Å²) in [6.45, 7) is 2.86. The van der Waals surface area contributed by atoms with E-state index in [2.05, 4.69) is 6.92 Å². The molecule has 60 valence electrons. The monoisotopic (exact) mass is 142 g/mol. The highest BCUT2D eigenvalue weighted by Crippen LogP contribution is 2.34. The van der Waals surface area contributed by atoms with Crippen molar-refractivity contribution in [3.05, 3.63) is 0 Å². The smallest absolute Gasteiger partial charge is 0.0307 e. The van der Waals surface area contributed by atoms with Crippen LogP contribution in [0.25, 0.3) is 0 Å². The maximum absolute atomic E-state index is 6.09. The van der Waals surface area contributed by atoms with Crippen molar-refractivity contribution in [2.75, 3.05) is 6.54 Å². The van der Waals surface area contributed by atoms with Gasteiger partial charge in [0.15, 0.2) is 0 Å². The third-order valence-corrected chi connectivity index (χ3v) is 2.88. The first-order chi connectivity index (χ1) is 4.73. The number of rotatable bonds is 2. The summed E-state index contributed by atoms with van der Waals surface area (Å²) in [5.74, 6) is 0.678. The minimum atomic E-state index is -0.0191.